The van der Waals surface area contributed by atoms with Gasteiger partial charge in [-0.1, -0.05) is 20.8 Å². The van der Waals surface area contributed by atoms with Crippen molar-refractivity contribution in [2.24, 2.45) is 5.92 Å². The molecule has 1 saturated heterocycles. The van der Waals surface area contributed by atoms with E-state index in [1.807, 2.05) is 0 Å². The van der Waals surface area contributed by atoms with Crippen molar-refractivity contribution in [3.05, 3.63) is 0 Å². The van der Waals surface area contributed by atoms with Crippen LogP contribution < -0.4 is 5.32 Å². The molecule has 2 nitrogen and oxygen atoms in total. The summed E-state index contributed by atoms with van der Waals surface area (Å²) < 4.78 is 5.93. The van der Waals surface area contributed by atoms with Crippen molar-refractivity contribution in [1.82, 2.24) is 5.32 Å². The van der Waals surface area contributed by atoms with Crippen LogP contribution in [-0.2, 0) is 4.74 Å². The molecule has 0 bridgehead atoms. The Morgan fingerprint density at radius 3 is 2.31 bits per heavy atom. The van der Waals surface area contributed by atoms with E-state index in [4.69, 9.17) is 4.74 Å². The van der Waals surface area contributed by atoms with Gasteiger partial charge in [-0.2, -0.15) is 0 Å². The summed E-state index contributed by atoms with van der Waals surface area (Å²) in [6.45, 7) is 12.9. The zero-order valence-corrected chi connectivity index (χ0v) is 9.61. The van der Waals surface area contributed by atoms with E-state index in [-0.39, 0.29) is 11.1 Å². The molecular formula is C11H23NO. The smallest absolute Gasteiger partial charge is 0.0776 e. The Morgan fingerprint density at radius 1 is 1.38 bits per heavy atom. The molecule has 1 aliphatic rings. The minimum Gasteiger partial charge on any atom is -0.372 e. The van der Waals surface area contributed by atoms with Crippen LogP contribution in [0, 0.1) is 5.92 Å². The normalized spacial score (nSPS) is 41.1. The number of rotatable bonds is 2. The second kappa shape index (κ2) is 3.58. The van der Waals surface area contributed by atoms with E-state index in [0.29, 0.717) is 5.92 Å². The Morgan fingerprint density at radius 2 is 2.00 bits per heavy atom. The van der Waals surface area contributed by atoms with Gasteiger partial charge in [0.15, 0.2) is 0 Å². The summed E-state index contributed by atoms with van der Waals surface area (Å²) in [7, 11) is 0. The van der Waals surface area contributed by atoms with Gasteiger partial charge >= 0.3 is 0 Å². The highest BCUT2D eigenvalue weighted by atomic mass is 16.5. The Hall–Kier alpha value is -0.0800. The molecule has 1 N–H and O–H groups in total. The molecule has 0 spiro atoms. The predicted octanol–water partition coefficient (Wildman–Crippen LogP) is 2.19. The number of hydrogen-bond acceptors (Lipinski definition) is 2. The van der Waals surface area contributed by atoms with Crippen LogP contribution in [0.2, 0.25) is 0 Å². The molecule has 78 valence electrons. The Bertz CT molecular complexity index is 169. The first-order chi connectivity index (χ1) is 5.92. The predicted molar refractivity (Wildman–Crippen MR) is 55.9 cm³/mol. The van der Waals surface area contributed by atoms with Gasteiger partial charge in [0.1, 0.15) is 0 Å². The van der Waals surface area contributed by atoms with Gasteiger partial charge in [-0.15, -0.1) is 0 Å². The molecule has 0 amide bonds. The maximum Gasteiger partial charge on any atom is 0.0776 e. The molecular weight excluding hydrogens is 162 g/mol. The summed E-state index contributed by atoms with van der Waals surface area (Å²) in [6.07, 6.45) is 1.08. The van der Waals surface area contributed by atoms with E-state index >= 15 is 0 Å². The summed E-state index contributed by atoms with van der Waals surface area (Å²) in [5.74, 6) is 0.619. The van der Waals surface area contributed by atoms with Gasteiger partial charge in [-0.05, 0) is 26.2 Å². The average Bonchev–Trinajstić information content (AvgIpc) is 2.11. The third kappa shape index (κ3) is 2.23. The average molecular weight is 185 g/mol. The highest BCUT2D eigenvalue weighted by Crippen LogP contribution is 2.27. The van der Waals surface area contributed by atoms with Gasteiger partial charge in [0.25, 0.3) is 0 Å². The summed E-state index contributed by atoms with van der Waals surface area (Å²) >= 11 is 0. The minimum atomic E-state index is 0.0500. The molecule has 0 radical (unpaired) electrons. The van der Waals surface area contributed by atoms with Crippen LogP contribution in [0.5, 0.6) is 0 Å². The maximum atomic E-state index is 5.93. The van der Waals surface area contributed by atoms with Crippen molar-refractivity contribution in [2.45, 2.75) is 52.2 Å². The highest BCUT2D eigenvalue weighted by Gasteiger charge is 2.38. The molecule has 2 heteroatoms. The lowest BCUT2D eigenvalue weighted by molar-refractivity contribution is -0.106. The van der Waals surface area contributed by atoms with E-state index in [1.54, 1.807) is 0 Å². The fraction of sp³-hybridized carbons (Fsp3) is 1.00. The highest BCUT2D eigenvalue weighted by molar-refractivity contribution is 4.94. The third-order valence-electron chi connectivity index (χ3n) is 3.61. The van der Waals surface area contributed by atoms with Crippen LogP contribution in [-0.4, -0.2) is 24.3 Å². The van der Waals surface area contributed by atoms with E-state index in [9.17, 15) is 0 Å². The van der Waals surface area contributed by atoms with Gasteiger partial charge in [-0.25, -0.2) is 0 Å². The minimum absolute atomic E-state index is 0.0500. The molecule has 1 aliphatic heterocycles. The van der Waals surface area contributed by atoms with Gasteiger partial charge in [0.05, 0.1) is 12.2 Å². The van der Waals surface area contributed by atoms with Crippen LogP contribution in [0.4, 0.5) is 0 Å². The lowest BCUT2D eigenvalue weighted by Gasteiger charge is -2.46. The van der Waals surface area contributed by atoms with Crippen molar-refractivity contribution in [1.29, 1.82) is 0 Å². The molecule has 0 aromatic rings. The zero-order valence-electron chi connectivity index (χ0n) is 9.61. The lowest BCUT2D eigenvalue weighted by atomic mass is 9.86. The Balaban J connectivity index is 2.56. The van der Waals surface area contributed by atoms with Crippen LogP contribution in [0.3, 0.4) is 0 Å². The van der Waals surface area contributed by atoms with Crippen LogP contribution in [0.1, 0.15) is 41.0 Å². The Kier molecular flexibility index (Phi) is 3.03. The molecule has 1 heterocycles. The largest absolute Gasteiger partial charge is 0.372 e. The number of nitrogens with one attached hydrogen (secondary N) is 1. The van der Waals surface area contributed by atoms with E-state index in [1.165, 1.54) is 0 Å². The maximum absolute atomic E-state index is 5.93. The first-order valence-electron chi connectivity index (χ1n) is 5.31. The number of morpholine rings is 1. The standard InChI is InChI=1S/C11H23NO/c1-6-10(4)7-12-11(5,8-13-10)9(2)3/h9,12H,6-8H2,1-5H3. The van der Waals surface area contributed by atoms with Crippen molar-refractivity contribution < 1.29 is 4.74 Å². The molecule has 1 rings (SSSR count). The fourth-order valence-electron chi connectivity index (χ4n) is 1.41. The molecule has 0 aromatic heterocycles. The summed E-state index contributed by atoms with van der Waals surface area (Å²) in [5, 5.41) is 3.61. The van der Waals surface area contributed by atoms with Crippen molar-refractivity contribution >= 4 is 0 Å². The molecule has 0 aromatic carbocycles. The Labute approximate surface area is 82.0 Å². The number of ether oxygens (including phenoxy) is 1. The van der Waals surface area contributed by atoms with E-state index in [2.05, 4.69) is 39.9 Å². The lowest BCUT2D eigenvalue weighted by Crippen LogP contribution is -2.61. The topological polar surface area (TPSA) is 21.3 Å². The first kappa shape index (κ1) is 11.0. The quantitative estimate of drug-likeness (QED) is 0.712. The van der Waals surface area contributed by atoms with Gasteiger partial charge in [0, 0.05) is 12.1 Å². The van der Waals surface area contributed by atoms with Crippen molar-refractivity contribution in [3.8, 4) is 0 Å². The van der Waals surface area contributed by atoms with Crippen LogP contribution in [0.15, 0.2) is 0 Å². The van der Waals surface area contributed by atoms with Gasteiger partial charge in [0.2, 0.25) is 0 Å². The summed E-state index contributed by atoms with van der Waals surface area (Å²) in [4.78, 5) is 0. The second-order valence-electron chi connectivity index (χ2n) is 5.02. The number of hydrogen-bond donors (Lipinski definition) is 1. The zero-order chi connectivity index (χ0) is 10.1. The first-order valence-corrected chi connectivity index (χ1v) is 5.31. The van der Waals surface area contributed by atoms with E-state index < -0.39 is 0 Å². The third-order valence-corrected chi connectivity index (χ3v) is 3.61. The molecule has 2 unspecified atom stereocenters. The molecule has 0 saturated carbocycles. The summed E-state index contributed by atoms with van der Waals surface area (Å²) in [5.41, 5.74) is 0.211. The fourth-order valence-corrected chi connectivity index (χ4v) is 1.41. The van der Waals surface area contributed by atoms with Gasteiger partial charge in [-0.3, -0.25) is 0 Å². The second-order valence-corrected chi connectivity index (χ2v) is 5.02. The molecule has 2 atom stereocenters. The van der Waals surface area contributed by atoms with Crippen LogP contribution >= 0.6 is 0 Å². The molecule has 0 aliphatic carbocycles. The molecule has 1 fully saturated rings. The monoisotopic (exact) mass is 185 g/mol. The van der Waals surface area contributed by atoms with Crippen molar-refractivity contribution in [3.63, 3.8) is 0 Å². The summed E-state index contributed by atoms with van der Waals surface area (Å²) in [6, 6.07) is 0. The molecule has 13 heavy (non-hydrogen) atoms. The van der Waals surface area contributed by atoms with Gasteiger partial charge < -0.3 is 10.1 Å². The van der Waals surface area contributed by atoms with Crippen LogP contribution in [0.25, 0.3) is 0 Å². The van der Waals surface area contributed by atoms with E-state index in [0.717, 1.165) is 19.6 Å². The SMILES string of the molecule is CCC1(C)CNC(C)(C(C)C)CO1. The van der Waals surface area contributed by atoms with Crippen molar-refractivity contribution in [2.75, 3.05) is 13.2 Å².